The molecule has 1 N–H and O–H groups in total. The summed E-state index contributed by atoms with van der Waals surface area (Å²) in [6, 6.07) is -0.447. The zero-order chi connectivity index (χ0) is 15.1. The van der Waals surface area contributed by atoms with Gasteiger partial charge in [0.1, 0.15) is 11.4 Å². The first-order valence-electron chi connectivity index (χ1n) is 5.39. The summed E-state index contributed by atoms with van der Waals surface area (Å²) in [6.45, 7) is 0.162. The normalized spacial score (nSPS) is 17.9. The molecule has 1 saturated heterocycles. The second-order valence-corrected chi connectivity index (χ2v) is 6.64. The molecule has 2 rings (SSSR count). The molecular weight excluding hydrogens is 321 g/mol. The fourth-order valence-corrected chi connectivity index (χ4v) is 2.71. The summed E-state index contributed by atoms with van der Waals surface area (Å²) >= 11 is 5.48. The first-order valence-corrected chi connectivity index (χ1v) is 7.61. The Bertz CT molecular complexity index is 616. The van der Waals surface area contributed by atoms with Crippen molar-refractivity contribution in [2.75, 3.05) is 24.7 Å². The molecule has 0 atom stereocenters. The maximum absolute atomic E-state index is 12.7. The molecule has 1 fully saturated rings. The van der Waals surface area contributed by atoms with Gasteiger partial charge in [-0.1, -0.05) is 0 Å². The lowest BCUT2D eigenvalue weighted by molar-refractivity contribution is -0.137. The third kappa shape index (κ3) is 3.30. The van der Waals surface area contributed by atoms with Gasteiger partial charge < -0.3 is 5.32 Å². The lowest BCUT2D eigenvalue weighted by Gasteiger charge is -2.38. The Labute approximate surface area is 118 Å². The molecule has 1 aromatic heterocycles. The van der Waals surface area contributed by atoms with Crippen LogP contribution >= 0.6 is 11.6 Å². The molecule has 0 aromatic carbocycles. The van der Waals surface area contributed by atoms with Crippen LogP contribution in [0.25, 0.3) is 0 Å². The van der Waals surface area contributed by atoms with E-state index in [1.165, 1.54) is 0 Å². The first-order chi connectivity index (χ1) is 9.07. The zero-order valence-corrected chi connectivity index (χ0v) is 11.7. The van der Waals surface area contributed by atoms with Crippen molar-refractivity contribution in [1.82, 2.24) is 14.3 Å². The fourth-order valence-electron chi connectivity index (χ4n) is 1.67. The Morgan fingerprint density at radius 3 is 2.55 bits per heavy atom. The highest BCUT2D eigenvalue weighted by atomic mass is 35.5. The third-order valence-corrected chi connectivity index (χ3v) is 4.14. The molecule has 20 heavy (non-hydrogen) atoms. The molecule has 0 unspecified atom stereocenters. The average molecular weight is 331 g/mol. The first kappa shape index (κ1) is 15.3. The van der Waals surface area contributed by atoms with Crippen molar-refractivity contribution in [2.45, 2.75) is 12.2 Å². The third-order valence-electron chi connectivity index (χ3n) is 2.72. The Hall–Kier alpha value is -1.13. The number of nitrogens with zero attached hydrogens (tertiary/aromatic N) is 3. The summed E-state index contributed by atoms with van der Waals surface area (Å²) in [6.07, 6.45) is -3.00. The van der Waals surface area contributed by atoms with Crippen LogP contribution in [0.15, 0.2) is 6.20 Å². The molecule has 0 radical (unpaired) electrons. The molecular formula is C9H10ClF3N4O2S. The Morgan fingerprint density at radius 1 is 1.45 bits per heavy atom. The maximum atomic E-state index is 12.7. The van der Waals surface area contributed by atoms with E-state index in [4.69, 9.17) is 11.6 Å². The number of nitrogens with one attached hydrogen (secondary N) is 1. The van der Waals surface area contributed by atoms with Crippen molar-refractivity contribution >= 4 is 27.4 Å². The van der Waals surface area contributed by atoms with Crippen LogP contribution in [0.2, 0.25) is 5.28 Å². The quantitative estimate of drug-likeness (QED) is 0.843. The van der Waals surface area contributed by atoms with Crippen LogP contribution in [0.3, 0.4) is 0 Å². The molecule has 0 saturated carbocycles. The van der Waals surface area contributed by atoms with E-state index >= 15 is 0 Å². The van der Waals surface area contributed by atoms with Crippen LogP contribution < -0.4 is 5.32 Å². The predicted octanol–water partition coefficient (Wildman–Crippen LogP) is 1.20. The smallest absolute Gasteiger partial charge is 0.364 e. The van der Waals surface area contributed by atoms with Crippen LogP contribution in [-0.4, -0.2) is 48.1 Å². The van der Waals surface area contributed by atoms with E-state index in [9.17, 15) is 21.6 Å². The van der Waals surface area contributed by atoms with Crippen LogP contribution in [0.1, 0.15) is 5.56 Å². The number of anilines is 1. The van der Waals surface area contributed by atoms with Gasteiger partial charge in [-0.2, -0.15) is 17.5 Å². The summed E-state index contributed by atoms with van der Waals surface area (Å²) in [5.74, 6) is -0.448. The number of aromatic nitrogens is 2. The van der Waals surface area contributed by atoms with E-state index in [0.717, 1.165) is 10.6 Å². The fraction of sp³-hybridized carbons (Fsp3) is 0.556. The largest absolute Gasteiger partial charge is 0.421 e. The number of rotatable bonds is 3. The number of hydrogen-bond donors (Lipinski definition) is 1. The van der Waals surface area contributed by atoms with E-state index in [-0.39, 0.29) is 18.4 Å². The highest BCUT2D eigenvalue weighted by Gasteiger charge is 2.38. The van der Waals surface area contributed by atoms with Gasteiger partial charge in [0.15, 0.2) is 0 Å². The van der Waals surface area contributed by atoms with Crippen LogP contribution in [0.5, 0.6) is 0 Å². The van der Waals surface area contributed by atoms with Crippen molar-refractivity contribution in [3.8, 4) is 0 Å². The van der Waals surface area contributed by atoms with Gasteiger partial charge in [-0.3, -0.25) is 0 Å². The number of alkyl halides is 3. The minimum Gasteiger partial charge on any atom is -0.364 e. The highest BCUT2D eigenvalue weighted by molar-refractivity contribution is 7.88. The van der Waals surface area contributed by atoms with Gasteiger partial charge in [0, 0.05) is 19.3 Å². The standard InChI is InChI=1S/C9H10ClF3N4O2S/c1-20(18,19)17-3-5(4-17)15-7-6(9(11,12)13)2-14-8(10)16-7/h2,5H,3-4H2,1H3,(H,14,15,16). The summed E-state index contributed by atoms with van der Waals surface area (Å²) in [5.41, 5.74) is -1.04. The van der Waals surface area contributed by atoms with Crippen LogP contribution in [-0.2, 0) is 16.2 Å². The molecule has 11 heteroatoms. The van der Waals surface area contributed by atoms with Gasteiger partial charge in [-0.15, -0.1) is 0 Å². The van der Waals surface area contributed by atoms with E-state index in [0.29, 0.717) is 6.20 Å². The van der Waals surface area contributed by atoms with Gasteiger partial charge in [0.2, 0.25) is 15.3 Å². The Balaban J connectivity index is 2.13. The minimum atomic E-state index is -4.62. The molecule has 1 aromatic rings. The van der Waals surface area contributed by atoms with Gasteiger partial charge in [-0.25, -0.2) is 18.4 Å². The Kier molecular flexibility index (Phi) is 3.82. The second-order valence-electron chi connectivity index (χ2n) is 4.32. The number of hydrogen-bond acceptors (Lipinski definition) is 5. The Morgan fingerprint density at radius 2 is 2.05 bits per heavy atom. The van der Waals surface area contributed by atoms with E-state index in [2.05, 4.69) is 15.3 Å². The number of sulfonamides is 1. The molecule has 0 amide bonds. The monoisotopic (exact) mass is 330 g/mol. The van der Waals surface area contributed by atoms with Crippen LogP contribution in [0.4, 0.5) is 19.0 Å². The van der Waals surface area contributed by atoms with Crippen molar-refractivity contribution in [2.24, 2.45) is 0 Å². The molecule has 112 valence electrons. The molecule has 1 aliphatic heterocycles. The molecule has 1 aliphatic rings. The van der Waals surface area contributed by atoms with Crippen molar-refractivity contribution < 1.29 is 21.6 Å². The summed E-state index contributed by atoms with van der Waals surface area (Å²) < 4.78 is 61.7. The van der Waals surface area contributed by atoms with Crippen molar-refractivity contribution in [3.05, 3.63) is 17.0 Å². The molecule has 6 nitrogen and oxygen atoms in total. The molecule has 0 bridgehead atoms. The molecule has 0 aliphatic carbocycles. The van der Waals surface area contributed by atoms with E-state index in [1.807, 2.05) is 0 Å². The van der Waals surface area contributed by atoms with E-state index < -0.39 is 33.6 Å². The summed E-state index contributed by atoms with van der Waals surface area (Å²) in [5, 5.41) is 2.22. The highest BCUT2D eigenvalue weighted by Crippen LogP contribution is 2.34. The topological polar surface area (TPSA) is 75.2 Å². The molecule has 2 heterocycles. The lowest BCUT2D eigenvalue weighted by atomic mass is 10.1. The molecule has 0 spiro atoms. The van der Waals surface area contributed by atoms with Gasteiger partial charge in [-0.05, 0) is 11.6 Å². The van der Waals surface area contributed by atoms with Gasteiger partial charge >= 0.3 is 6.18 Å². The summed E-state index contributed by atoms with van der Waals surface area (Å²) in [4.78, 5) is 6.80. The summed E-state index contributed by atoms with van der Waals surface area (Å²) in [7, 11) is -3.33. The number of halogens is 4. The van der Waals surface area contributed by atoms with Gasteiger partial charge in [0.25, 0.3) is 0 Å². The zero-order valence-electron chi connectivity index (χ0n) is 10.1. The maximum Gasteiger partial charge on any atom is 0.421 e. The van der Waals surface area contributed by atoms with E-state index in [1.54, 1.807) is 0 Å². The van der Waals surface area contributed by atoms with Crippen LogP contribution in [0, 0.1) is 0 Å². The SMILES string of the molecule is CS(=O)(=O)N1CC(Nc2nc(Cl)ncc2C(F)(F)F)C1. The van der Waals surface area contributed by atoms with Crippen molar-refractivity contribution in [3.63, 3.8) is 0 Å². The van der Waals surface area contributed by atoms with Crippen molar-refractivity contribution in [1.29, 1.82) is 0 Å². The second kappa shape index (κ2) is 5.01. The lowest BCUT2D eigenvalue weighted by Crippen LogP contribution is -2.56. The average Bonchev–Trinajstić information content (AvgIpc) is 2.19. The minimum absolute atomic E-state index is 0.0811. The predicted molar refractivity (Wildman–Crippen MR) is 65.9 cm³/mol. The van der Waals surface area contributed by atoms with Gasteiger partial charge in [0.05, 0.1) is 12.3 Å².